The molecule has 0 saturated carbocycles. The van der Waals surface area contributed by atoms with Crippen LogP contribution in [0.2, 0.25) is 0 Å². The minimum atomic E-state index is -0.320. The topological polar surface area (TPSA) is 35.2 Å². The Kier molecular flexibility index (Phi) is 3.89. The van der Waals surface area contributed by atoms with E-state index in [4.69, 9.17) is 10.5 Å². The van der Waals surface area contributed by atoms with Crippen LogP contribution >= 0.6 is 0 Å². The highest BCUT2D eigenvalue weighted by Gasteiger charge is 2.05. The van der Waals surface area contributed by atoms with Gasteiger partial charge in [0.05, 0.1) is 6.61 Å². The molecule has 0 heterocycles. The number of rotatable bonds is 4. The van der Waals surface area contributed by atoms with Gasteiger partial charge < -0.3 is 10.5 Å². The molecule has 0 amide bonds. The van der Waals surface area contributed by atoms with Crippen LogP contribution in [0.5, 0.6) is 5.75 Å². The number of halogens is 1. The lowest BCUT2D eigenvalue weighted by Crippen LogP contribution is -2.18. The van der Waals surface area contributed by atoms with E-state index < -0.39 is 0 Å². The highest BCUT2D eigenvalue weighted by molar-refractivity contribution is 5.29. The Balaban J connectivity index is 2.62. The number of hydrogen-bond donors (Lipinski definition) is 1. The van der Waals surface area contributed by atoms with E-state index in [-0.39, 0.29) is 11.7 Å². The van der Waals surface area contributed by atoms with E-state index in [9.17, 15) is 4.39 Å². The fraction of sp³-hybridized carbons (Fsp3) is 0.455. The lowest BCUT2D eigenvalue weighted by molar-refractivity contribution is 0.253. The summed E-state index contributed by atoms with van der Waals surface area (Å²) in [6, 6.07) is 4.82. The van der Waals surface area contributed by atoms with Crippen molar-refractivity contribution in [3.63, 3.8) is 0 Å². The quantitative estimate of drug-likeness (QED) is 0.802. The predicted molar refractivity (Wildman–Crippen MR) is 54.9 cm³/mol. The second-order valence-electron chi connectivity index (χ2n) is 3.59. The van der Waals surface area contributed by atoms with Crippen molar-refractivity contribution in [3.8, 4) is 5.75 Å². The zero-order valence-electron chi connectivity index (χ0n) is 8.59. The summed E-state index contributed by atoms with van der Waals surface area (Å²) in [6.07, 6.45) is 0. The summed E-state index contributed by atoms with van der Waals surface area (Å²) in [4.78, 5) is 0. The van der Waals surface area contributed by atoms with E-state index in [1.165, 1.54) is 6.07 Å². The van der Waals surface area contributed by atoms with Crippen molar-refractivity contribution in [2.45, 2.75) is 13.8 Å². The molecule has 1 atom stereocenters. The highest BCUT2D eigenvalue weighted by Crippen LogP contribution is 2.18. The van der Waals surface area contributed by atoms with Gasteiger partial charge in [-0.3, -0.25) is 0 Å². The molecule has 0 aliphatic rings. The average Bonchev–Trinajstić information content (AvgIpc) is 2.19. The van der Waals surface area contributed by atoms with Gasteiger partial charge in [-0.25, -0.2) is 4.39 Å². The van der Waals surface area contributed by atoms with Crippen LogP contribution in [0.4, 0.5) is 4.39 Å². The van der Waals surface area contributed by atoms with Gasteiger partial charge in [-0.2, -0.15) is 0 Å². The summed E-state index contributed by atoms with van der Waals surface area (Å²) in [5.74, 6) is 0.236. The molecule has 1 aromatic rings. The maximum Gasteiger partial charge on any atom is 0.165 e. The molecule has 0 spiro atoms. The van der Waals surface area contributed by atoms with Gasteiger partial charge in [-0.05, 0) is 31.2 Å². The smallest absolute Gasteiger partial charge is 0.165 e. The molecule has 78 valence electrons. The van der Waals surface area contributed by atoms with E-state index in [2.05, 4.69) is 0 Å². The van der Waals surface area contributed by atoms with Crippen molar-refractivity contribution in [1.29, 1.82) is 0 Å². The summed E-state index contributed by atoms with van der Waals surface area (Å²) in [5, 5.41) is 0. The van der Waals surface area contributed by atoms with Gasteiger partial charge in [-0.15, -0.1) is 0 Å². The van der Waals surface area contributed by atoms with Crippen molar-refractivity contribution in [3.05, 3.63) is 29.6 Å². The van der Waals surface area contributed by atoms with E-state index in [0.717, 1.165) is 5.56 Å². The standard InChI is InChI=1S/C11H16FNO/c1-8-3-4-10(12)11(5-8)14-7-9(2)6-13/h3-5,9H,6-7,13H2,1-2H3. The molecule has 14 heavy (non-hydrogen) atoms. The van der Waals surface area contributed by atoms with Gasteiger partial charge in [0.25, 0.3) is 0 Å². The molecule has 0 bridgehead atoms. The van der Waals surface area contributed by atoms with Crippen LogP contribution in [0.15, 0.2) is 18.2 Å². The number of ether oxygens (including phenoxy) is 1. The van der Waals surface area contributed by atoms with E-state index in [0.29, 0.717) is 18.9 Å². The van der Waals surface area contributed by atoms with Gasteiger partial charge in [0.15, 0.2) is 11.6 Å². The second-order valence-corrected chi connectivity index (χ2v) is 3.59. The van der Waals surface area contributed by atoms with Crippen LogP contribution in [0.25, 0.3) is 0 Å². The monoisotopic (exact) mass is 197 g/mol. The predicted octanol–water partition coefficient (Wildman–Crippen LogP) is 2.11. The van der Waals surface area contributed by atoms with E-state index >= 15 is 0 Å². The van der Waals surface area contributed by atoms with Crippen LogP contribution in [0, 0.1) is 18.7 Å². The summed E-state index contributed by atoms with van der Waals surface area (Å²) in [7, 11) is 0. The summed E-state index contributed by atoms with van der Waals surface area (Å²) >= 11 is 0. The first-order chi connectivity index (χ1) is 6.63. The second kappa shape index (κ2) is 4.96. The van der Waals surface area contributed by atoms with E-state index in [1.54, 1.807) is 12.1 Å². The molecule has 0 aliphatic carbocycles. The summed E-state index contributed by atoms with van der Waals surface area (Å²) in [6.45, 7) is 4.87. The van der Waals surface area contributed by atoms with Gasteiger partial charge >= 0.3 is 0 Å². The Morgan fingerprint density at radius 3 is 2.86 bits per heavy atom. The number of benzene rings is 1. The van der Waals surface area contributed by atoms with Crippen molar-refractivity contribution in [1.82, 2.24) is 0 Å². The van der Waals surface area contributed by atoms with Gasteiger partial charge in [-0.1, -0.05) is 13.0 Å². The van der Waals surface area contributed by atoms with Crippen LogP contribution in [-0.2, 0) is 0 Å². The zero-order valence-corrected chi connectivity index (χ0v) is 8.59. The third-order valence-corrected chi connectivity index (χ3v) is 2.01. The third kappa shape index (κ3) is 3.00. The van der Waals surface area contributed by atoms with Crippen LogP contribution in [0.3, 0.4) is 0 Å². The molecule has 2 N–H and O–H groups in total. The van der Waals surface area contributed by atoms with Crippen molar-refractivity contribution < 1.29 is 9.13 Å². The van der Waals surface area contributed by atoms with Crippen molar-refractivity contribution in [2.75, 3.05) is 13.2 Å². The molecule has 0 fully saturated rings. The average molecular weight is 197 g/mol. The number of aryl methyl sites for hydroxylation is 1. The maximum atomic E-state index is 13.2. The normalized spacial score (nSPS) is 12.6. The fourth-order valence-corrected chi connectivity index (χ4v) is 1.02. The zero-order chi connectivity index (χ0) is 10.6. The molecule has 0 radical (unpaired) electrons. The molecule has 3 heteroatoms. The Labute approximate surface area is 83.9 Å². The molecule has 0 aromatic heterocycles. The van der Waals surface area contributed by atoms with Crippen LogP contribution < -0.4 is 10.5 Å². The number of hydrogen-bond acceptors (Lipinski definition) is 2. The minimum Gasteiger partial charge on any atom is -0.490 e. The lowest BCUT2D eigenvalue weighted by atomic mass is 10.2. The molecular weight excluding hydrogens is 181 g/mol. The molecule has 0 saturated heterocycles. The molecule has 1 aromatic carbocycles. The summed E-state index contributed by atoms with van der Waals surface area (Å²) in [5.41, 5.74) is 6.42. The van der Waals surface area contributed by atoms with Gasteiger partial charge in [0.1, 0.15) is 0 Å². The summed E-state index contributed by atoms with van der Waals surface area (Å²) < 4.78 is 18.5. The first kappa shape index (κ1) is 11.0. The van der Waals surface area contributed by atoms with Gasteiger partial charge in [0, 0.05) is 5.92 Å². The van der Waals surface area contributed by atoms with Crippen LogP contribution in [0.1, 0.15) is 12.5 Å². The van der Waals surface area contributed by atoms with E-state index in [1.807, 2.05) is 13.8 Å². The largest absolute Gasteiger partial charge is 0.490 e. The first-order valence-corrected chi connectivity index (χ1v) is 4.72. The SMILES string of the molecule is Cc1ccc(F)c(OCC(C)CN)c1. The Hall–Kier alpha value is -1.09. The Bertz CT molecular complexity index is 301. The lowest BCUT2D eigenvalue weighted by Gasteiger charge is -2.11. The highest BCUT2D eigenvalue weighted by atomic mass is 19.1. The molecule has 0 aliphatic heterocycles. The van der Waals surface area contributed by atoms with Gasteiger partial charge in [0.2, 0.25) is 0 Å². The molecule has 1 rings (SSSR count). The van der Waals surface area contributed by atoms with Crippen molar-refractivity contribution >= 4 is 0 Å². The fourth-order valence-electron chi connectivity index (χ4n) is 1.02. The van der Waals surface area contributed by atoms with Crippen molar-refractivity contribution in [2.24, 2.45) is 11.7 Å². The molecule has 2 nitrogen and oxygen atoms in total. The van der Waals surface area contributed by atoms with Crippen LogP contribution in [-0.4, -0.2) is 13.2 Å². The maximum absolute atomic E-state index is 13.2. The first-order valence-electron chi connectivity index (χ1n) is 4.72. The molecule has 1 unspecified atom stereocenters. The Morgan fingerprint density at radius 2 is 2.21 bits per heavy atom. The third-order valence-electron chi connectivity index (χ3n) is 2.01. The Morgan fingerprint density at radius 1 is 1.50 bits per heavy atom. The minimum absolute atomic E-state index is 0.245. The molecular formula is C11H16FNO. The number of nitrogens with two attached hydrogens (primary N) is 1.